The van der Waals surface area contributed by atoms with E-state index in [1.165, 1.54) is 60.8 Å². The maximum Gasteiger partial charge on any atom is 0.135 e. The lowest BCUT2D eigenvalue weighted by Crippen LogP contribution is -2.23. The van der Waals surface area contributed by atoms with Crippen molar-refractivity contribution >= 4 is 44.4 Å². The van der Waals surface area contributed by atoms with E-state index < -0.39 is 0 Å². The van der Waals surface area contributed by atoms with E-state index >= 15 is 0 Å². The molecule has 270 valence electrons. The molecule has 1 aromatic heterocycles. The highest BCUT2D eigenvalue weighted by Gasteiger charge is 2.35. The minimum absolute atomic E-state index is 0.0343. The Morgan fingerprint density at radius 2 is 1.02 bits per heavy atom. The van der Waals surface area contributed by atoms with Crippen LogP contribution in [0.25, 0.3) is 55.3 Å². The van der Waals surface area contributed by atoms with E-state index in [0.29, 0.717) is 0 Å². The Balaban J connectivity index is 0.990. The molecule has 2 heterocycles. The van der Waals surface area contributed by atoms with Gasteiger partial charge in [0.15, 0.2) is 0 Å². The first-order chi connectivity index (χ1) is 28.3. The number of anilines is 3. The molecule has 2 aliphatic rings. The summed E-state index contributed by atoms with van der Waals surface area (Å²) in [5.41, 5.74) is 15.3. The Morgan fingerprint density at radius 3 is 1.75 bits per heavy atom. The van der Waals surface area contributed by atoms with E-state index in [-0.39, 0.29) is 12.0 Å². The highest BCUT2D eigenvalue weighted by Crippen LogP contribution is 2.46. The van der Waals surface area contributed by atoms with Crippen molar-refractivity contribution in [2.24, 2.45) is 0 Å². The van der Waals surface area contributed by atoms with Gasteiger partial charge in [-0.15, -0.1) is 0 Å². The molecule has 0 saturated carbocycles. The van der Waals surface area contributed by atoms with Gasteiger partial charge in [-0.05, 0) is 94.5 Å². The third-order valence-corrected chi connectivity index (χ3v) is 11.6. The fraction of sp³-hybridized carbons (Fsp3) is 0.0370. The van der Waals surface area contributed by atoms with Crippen molar-refractivity contribution in [2.45, 2.75) is 12.0 Å². The van der Waals surface area contributed by atoms with Crippen LogP contribution in [-0.2, 0) is 0 Å². The number of para-hydroxylation sites is 3. The molecule has 0 fully saturated rings. The first-order valence-electron chi connectivity index (χ1n) is 19.7. The van der Waals surface area contributed by atoms with Crippen LogP contribution in [0.2, 0.25) is 0 Å². The fourth-order valence-electron chi connectivity index (χ4n) is 8.82. The molecule has 0 radical (unpaired) electrons. The van der Waals surface area contributed by atoms with Crippen LogP contribution in [0, 0.1) is 0 Å². The molecule has 1 aliphatic carbocycles. The zero-order valence-corrected chi connectivity index (χ0v) is 31.2. The van der Waals surface area contributed by atoms with Gasteiger partial charge in [0.25, 0.3) is 0 Å². The van der Waals surface area contributed by atoms with E-state index in [9.17, 15) is 0 Å². The van der Waals surface area contributed by atoms with Crippen LogP contribution in [0.15, 0.2) is 218 Å². The molecule has 2 unspecified atom stereocenters. The molecule has 8 aromatic carbocycles. The molecule has 57 heavy (non-hydrogen) atoms. The van der Waals surface area contributed by atoms with Gasteiger partial charge >= 0.3 is 0 Å². The highest BCUT2D eigenvalue weighted by atomic mass is 16.5. The molecule has 0 N–H and O–H groups in total. The van der Waals surface area contributed by atoms with Crippen molar-refractivity contribution in [2.75, 3.05) is 4.90 Å². The third kappa shape index (κ3) is 5.75. The maximum atomic E-state index is 6.55. The van der Waals surface area contributed by atoms with Crippen molar-refractivity contribution in [3.8, 4) is 33.7 Å². The smallest absolute Gasteiger partial charge is 0.135 e. The predicted octanol–water partition coefficient (Wildman–Crippen LogP) is 14.1. The Kier molecular flexibility index (Phi) is 7.96. The molecule has 0 amide bonds. The zero-order chi connectivity index (χ0) is 37.7. The van der Waals surface area contributed by atoms with Gasteiger partial charge in [0.05, 0.1) is 11.0 Å². The molecular formula is C54H38N2O. The Labute approximate surface area is 332 Å². The summed E-state index contributed by atoms with van der Waals surface area (Å²) in [4.78, 5) is 2.38. The van der Waals surface area contributed by atoms with Crippen molar-refractivity contribution < 1.29 is 4.74 Å². The van der Waals surface area contributed by atoms with Gasteiger partial charge in [-0.3, -0.25) is 0 Å². The van der Waals surface area contributed by atoms with Gasteiger partial charge in [-0.2, -0.15) is 0 Å². The van der Waals surface area contributed by atoms with E-state index in [2.05, 4.69) is 222 Å². The van der Waals surface area contributed by atoms with Gasteiger partial charge in [0.1, 0.15) is 11.9 Å². The fourth-order valence-corrected chi connectivity index (χ4v) is 8.82. The van der Waals surface area contributed by atoms with Crippen LogP contribution >= 0.6 is 0 Å². The van der Waals surface area contributed by atoms with Crippen LogP contribution in [-0.4, -0.2) is 10.7 Å². The van der Waals surface area contributed by atoms with Gasteiger partial charge in [0.2, 0.25) is 0 Å². The van der Waals surface area contributed by atoms with Gasteiger partial charge < -0.3 is 14.2 Å². The van der Waals surface area contributed by atoms with Crippen LogP contribution < -0.4 is 9.64 Å². The normalized spacial score (nSPS) is 15.5. The Hall–Kier alpha value is -7.36. The summed E-state index contributed by atoms with van der Waals surface area (Å²) >= 11 is 0. The van der Waals surface area contributed by atoms with E-state index in [4.69, 9.17) is 4.74 Å². The molecule has 9 aromatic rings. The molecule has 3 nitrogen and oxygen atoms in total. The molecule has 3 heteroatoms. The maximum absolute atomic E-state index is 6.55. The summed E-state index contributed by atoms with van der Waals surface area (Å²) in [6.45, 7) is 0. The number of allylic oxidation sites excluding steroid dienone is 2. The molecule has 11 rings (SSSR count). The van der Waals surface area contributed by atoms with Crippen molar-refractivity contribution in [3.63, 3.8) is 0 Å². The molecule has 0 spiro atoms. The lowest BCUT2D eigenvalue weighted by Gasteiger charge is -2.28. The minimum atomic E-state index is -0.0343. The summed E-state index contributed by atoms with van der Waals surface area (Å²) < 4.78 is 8.92. The lowest BCUT2D eigenvalue weighted by atomic mass is 9.84. The Morgan fingerprint density at radius 1 is 0.456 bits per heavy atom. The first-order valence-corrected chi connectivity index (χ1v) is 19.7. The number of hydrogen-bond donors (Lipinski definition) is 0. The number of aromatic nitrogens is 1. The second-order valence-corrected chi connectivity index (χ2v) is 14.9. The SMILES string of the molecule is C1=CC(c2ccc(N(c3ccc(-c4ccc(-c5ccccc5)cc4)cc3)c3ccc4c(c3)c3ccccc3n4-c3ccccc3)cc2)C2Oc3ccccc3C2=C1. The quantitative estimate of drug-likeness (QED) is 0.162. The second-order valence-electron chi connectivity index (χ2n) is 14.9. The Bertz CT molecular complexity index is 2960. The predicted molar refractivity (Wildman–Crippen MR) is 237 cm³/mol. The van der Waals surface area contributed by atoms with Crippen LogP contribution in [0.5, 0.6) is 5.75 Å². The van der Waals surface area contributed by atoms with Crippen molar-refractivity contribution in [1.29, 1.82) is 0 Å². The molecular weight excluding hydrogens is 693 g/mol. The summed E-state index contributed by atoms with van der Waals surface area (Å²) in [7, 11) is 0. The average molecular weight is 731 g/mol. The molecule has 1 aliphatic heterocycles. The summed E-state index contributed by atoms with van der Waals surface area (Å²) in [5.74, 6) is 1.08. The van der Waals surface area contributed by atoms with Crippen LogP contribution in [0.1, 0.15) is 17.0 Å². The van der Waals surface area contributed by atoms with Crippen molar-refractivity contribution in [3.05, 3.63) is 230 Å². The van der Waals surface area contributed by atoms with Gasteiger partial charge in [0, 0.05) is 50.6 Å². The summed E-state index contributed by atoms with van der Waals surface area (Å²) in [6, 6.07) is 72.1. The number of ether oxygens (including phenoxy) is 1. The van der Waals surface area contributed by atoms with E-state index in [1.54, 1.807) is 0 Å². The molecule has 0 bridgehead atoms. The number of nitrogens with zero attached hydrogens (tertiary/aromatic N) is 2. The van der Waals surface area contributed by atoms with Gasteiger partial charge in [-0.1, -0.05) is 152 Å². The number of rotatable bonds is 7. The zero-order valence-electron chi connectivity index (χ0n) is 31.2. The van der Waals surface area contributed by atoms with E-state index in [1.807, 2.05) is 6.07 Å². The number of fused-ring (bicyclic) bond motifs is 6. The third-order valence-electron chi connectivity index (χ3n) is 11.6. The largest absolute Gasteiger partial charge is 0.484 e. The standard InChI is InChI=1S/C54H38N2O/c1-3-12-37(13-4-1)38-22-24-39(25-23-38)40-26-30-43(31-27-40)55(44-32-28-41(29-33-44)46-18-11-19-49-48-17-8-10-21-53(48)57-54(46)49)45-34-35-52-50(36-45)47-16-7-9-20-51(47)56(52)42-14-5-2-6-15-42/h1-36,46,54H. The molecule has 0 saturated heterocycles. The average Bonchev–Trinajstić information content (AvgIpc) is 3.84. The van der Waals surface area contributed by atoms with Crippen molar-refractivity contribution in [1.82, 2.24) is 4.57 Å². The first kappa shape index (κ1) is 33.0. The summed E-state index contributed by atoms with van der Waals surface area (Å²) in [6.07, 6.45) is 6.62. The van der Waals surface area contributed by atoms with Crippen LogP contribution in [0.3, 0.4) is 0 Å². The monoisotopic (exact) mass is 730 g/mol. The number of benzene rings is 8. The van der Waals surface area contributed by atoms with Crippen LogP contribution in [0.4, 0.5) is 17.1 Å². The highest BCUT2D eigenvalue weighted by molar-refractivity contribution is 6.10. The van der Waals surface area contributed by atoms with E-state index in [0.717, 1.165) is 28.5 Å². The summed E-state index contributed by atoms with van der Waals surface area (Å²) in [5, 5.41) is 2.45. The topological polar surface area (TPSA) is 17.4 Å². The molecule has 2 atom stereocenters. The lowest BCUT2D eigenvalue weighted by molar-refractivity contribution is 0.258. The minimum Gasteiger partial charge on any atom is -0.484 e. The van der Waals surface area contributed by atoms with Gasteiger partial charge in [-0.25, -0.2) is 0 Å². The second kappa shape index (κ2) is 13.7. The number of hydrogen-bond acceptors (Lipinski definition) is 2.